The van der Waals surface area contributed by atoms with Crippen molar-refractivity contribution in [3.8, 4) is 17.2 Å². The van der Waals surface area contributed by atoms with Crippen LogP contribution in [0, 0.1) is 0 Å². The quantitative estimate of drug-likeness (QED) is 0.600. The average Bonchev–Trinajstić information content (AvgIpc) is 1.93. The fraction of sp³-hybridized carbons (Fsp3) is 0. The summed E-state index contributed by atoms with van der Waals surface area (Å²) in [6.45, 7) is 0. The molecule has 3 N–H and O–H groups in total. The Balaban J connectivity index is 3.04. The molecule has 0 radical (unpaired) electrons. The highest BCUT2D eigenvalue weighted by Gasteiger charge is 2.11. The van der Waals surface area contributed by atoms with E-state index in [1.54, 1.807) is 0 Å². The van der Waals surface area contributed by atoms with Crippen molar-refractivity contribution in [3.63, 3.8) is 0 Å². The maximum absolute atomic E-state index is 10.2. The fourth-order valence-corrected chi connectivity index (χ4v) is 1.06. The third-order valence-corrected chi connectivity index (χ3v) is 1.53. The molecule has 1 aromatic carbocycles. The lowest BCUT2D eigenvalue weighted by molar-refractivity contribution is 0.369. The van der Waals surface area contributed by atoms with Crippen molar-refractivity contribution in [2.75, 3.05) is 0 Å². The first-order chi connectivity index (χ1) is 5.88. The van der Waals surface area contributed by atoms with Gasteiger partial charge in [-0.2, -0.15) is 8.42 Å². The third kappa shape index (κ3) is 2.80. The molecule has 0 bridgehead atoms. The van der Waals surface area contributed by atoms with Gasteiger partial charge in [-0.3, -0.25) is 4.55 Å². The Morgan fingerprint density at radius 1 is 1.23 bits per heavy atom. The van der Waals surface area contributed by atoms with Crippen LogP contribution in [0.4, 0.5) is 0 Å². The molecule has 0 aromatic heterocycles. The molecule has 72 valence electrons. The maximum atomic E-state index is 10.2. The van der Waals surface area contributed by atoms with Crippen LogP contribution in [0.3, 0.4) is 0 Å². The van der Waals surface area contributed by atoms with Gasteiger partial charge in [-0.05, 0) is 12.1 Å². The molecule has 0 fully saturated rings. The Hall–Kier alpha value is -1.47. The lowest BCUT2D eigenvalue weighted by Gasteiger charge is -2.03. The number of benzene rings is 1. The Morgan fingerprint density at radius 2 is 1.85 bits per heavy atom. The molecule has 13 heavy (non-hydrogen) atoms. The molecule has 0 unspecified atom stereocenters. The van der Waals surface area contributed by atoms with Crippen molar-refractivity contribution in [2.45, 2.75) is 0 Å². The lowest BCUT2D eigenvalue weighted by atomic mass is 10.3. The molecule has 0 spiro atoms. The highest BCUT2D eigenvalue weighted by Crippen LogP contribution is 2.30. The van der Waals surface area contributed by atoms with Crippen molar-refractivity contribution < 1.29 is 27.4 Å². The monoisotopic (exact) mass is 206 g/mol. The molecule has 6 nitrogen and oxygen atoms in total. The topological polar surface area (TPSA) is 104 Å². The van der Waals surface area contributed by atoms with Gasteiger partial charge < -0.3 is 14.4 Å². The largest absolute Gasteiger partial charge is 0.508 e. The van der Waals surface area contributed by atoms with E-state index in [-0.39, 0.29) is 5.75 Å². The number of phenols is 2. The van der Waals surface area contributed by atoms with Gasteiger partial charge in [0.25, 0.3) is 0 Å². The number of aromatic hydroxyl groups is 2. The summed E-state index contributed by atoms with van der Waals surface area (Å²) in [6.07, 6.45) is 0. The second kappa shape index (κ2) is 3.11. The number of hydrogen-bond donors (Lipinski definition) is 3. The van der Waals surface area contributed by atoms with Gasteiger partial charge >= 0.3 is 10.4 Å². The summed E-state index contributed by atoms with van der Waals surface area (Å²) in [5.74, 6) is -1.29. The first-order valence-corrected chi connectivity index (χ1v) is 4.44. The first-order valence-electron chi connectivity index (χ1n) is 3.07. The van der Waals surface area contributed by atoms with Gasteiger partial charge in [-0.25, -0.2) is 0 Å². The highest BCUT2D eigenvalue weighted by molar-refractivity contribution is 7.81. The predicted octanol–water partition coefficient (Wildman–Crippen LogP) is 0.279. The van der Waals surface area contributed by atoms with Gasteiger partial charge in [0.1, 0.15) is 5.75 Å². The van der Waals surface area contributed by atoms with Gasteiger partial charge in [0, 0.05) is 6.07 Å². The number of hydrogen-bond acceptors (Lipinski definition) is 5. The van der Waals surface area contributed by atoms with Crippen LogP contribution in [0.25, 0.3) is 0 Å². The zero-order chi connectivity index (χ0) is 10.1. The Bertz CT molecular complexity index is 409. The zero-order valence-electron chi connectivity index (χ0n) is 6.21. The summed E-state index contributed by atoms with van der Waals surface area (Å²) < 4.78 is 32.6. The average molecular weight is 206 g/mol. The fourth-order valence-electron chi connectivity index (χ4n) is 0.690. The van der Waals surface area contributed by atoms with E-state index < -0.39 is 21.9 Å². The van der Waals surface area contributed by atoms with E-state index in [1.807, 2.05) is 0 Å². The summed E-state index contributed by atoms with van der Waals surface area (Å²) >= 11 is 0. The summed E-state index contributed by atoms with van der Waals surface area (Å²) in [5, 5.41) is 17.8. The van der Waals surface area contributed by atoms with Gasteiger partial charge in [0.05, 0.1) is 0 Å². The van der Waals surface area contributed by atoms with Crippen molar-refractivity contribution in [3.05, 3.63) is 18.2 Å². The molecule has 0 saturated heterocycles. The van der Waals surface area contributed by atoms with E-state index in [0.717, 1.165) is 18.2 Å². The molecular formula is C6H6O6S. The normalized spacial score (nSPS) is 11.2. The molecule has 1 rings (SSSR count). The summed E-state index contributed by atoms with van der Waals surface area (Å²) in [4.78, 5) is 0. The van der Waals surface area contributed by atoms with Crippen molar-refractivity contribution in [1.82, 2.24) is 0 Å². The molecular weight excluding hydrogens is 200 g/mol. The standard InChI is InChI=1S/C6H6O6S/c7-4-1-2-6(5(8)3-4)12-13(9,10)11/h1-3,7-8H,(H,9,10,11). The van der Waals surface area contributed by atoms with Crippen LogP contribution in [-0.2, 0) is 10.4 Å². The van der Waals surface area contributed by atoms with Crippen molar-refractivity contribution in [2.24, 2.45) is 0 Å². The minimum absolute atomic E-state index is 0.250. The van der Waals surface area contributed by atoms with Crippen LogP contribution in [-0.4, -0.2) is 23.2 Å². The van der Waals surface area contributed by atoms with Gasteiger partial charge in [-0.15, -0.1) is 0 Å². The SMILES string of the molecule is O=S(=O)(O)Oc1ccc(O)cc1O. The highest BCUT2D eigenvalue weighted by atomic mass is 32.3. The van der Waals surface area contributed by atoms with Crippen molar-refractivity contribution >= 4 is 10.4 Å². The van der Waals surface area contributed by atoms with E-state index >= 15 is 0 Å². The van der Waals surface area contributed by atoms with Crippen LogP contribution in [0.15, 0.2) is 18.2 Å². The zero-order valence-corrected chi connectivity index (χ0v) is 7.02. The maximum Gasteiger partial charge on any atom is 0.446 e. The first kappa shape index (κ1) is 9.62. The van der Waals surface area contributed by atoms with E-state index in [9.17, 15) is 8.42 Å². The van der Waals surface area contributed by atoms with Crippen LogP contribution >= 0.6 is 0 Å². The number of rotatable bonds is 2. The van der Waals surface area contributed by atoms with Gasteiger partial charge in [0.2, 0.25) is 0 Å². The van der Waals surface area contributed by atoms with E-state index in [2.05, 4.69) is 4.18 Å². The molecule has 0 aliphatic rings. The lowest BCUT2D eigenvalue weighted by Crippen LogP contribution is -2.06. The van der Waals surface area contributed by atoms with Crippen LogP contribution in [0.2, 0.25) is 0 Å². The molecule has 7 heteroatoms. The molecule has 0 saturated carbocycles. The van der Waals surface area contributed by atoms with Gasteiger partial charge in [-0.1, -0.05) is 0 Å². The van der Waals surface area contributed by atoms with Crippen LogP contribution < -0.4 is 4.18 Å². The van der Waals surface area contributed by atoms with Crippen LogP contribution in [0.5, 0.6) is 17.2 Å². The Labute approximate surface area is 74.0 Å². The smallest absolute Gasteiger partial charge is 0.446 e. The second-order valence-corrected chi connectivity index (χ2v) is 3.19. The van der Waals surface area contributed by atoms with Gasteiger partial charge in [0.15, 0.2) is 11.5 Å². The molecule has 0 aliphatic heterocycles. The van der Waals surface area contributed by atoms with E-state index in [0.29, 0.717) is 0 Å². The Kier molecular flexibility index (Phi) is 2.30. The summed E-state index contributed by atoms with van der Waals surface area (Å²) in [5.41, 5.74) is 0. The molecule has 0 amide bonds. The molecule has 1 aromatic rings. The van der Waals surface area contributed by atoms with E-state index in [4.69, 9.17) is 14.8 Å². The van der Waals surface area contributed by atoms with Crippen LogP contribution in [0.1, 0.15) is 0 Å². The summed E-state index contributed by atoms with van der Waals surface area (Å²) in [6, 6.07) is 2.97. The second-order valence-electron chi connectivity index (χ2n) is 2.16. The molecule has 0 aliphatic carbocycles. The third-order valence-electron chi connectivity index (χ3n) is 1.14. The predicted molar refractivity (Wildman–Crippen MR) is 41.9 cm³/mol. The minimum Gasteiger partial charge on any atom is -0.508 e. The molecule has 0 heterocycles. The summed E-state index contributed by atoms with van der Waals surface area (Å²) in [7, 11) is -4.65. The van der Waals surface area contributed by atoms with Crippen molar-refractivity contribution in [1.29, 1.82) is 0 Å². The minimum atomic E-state index is -4.65. The Morgan fingerprint density at radius 3 is 2.31 bits per heavy atom. The number of phenolic OH excluding ortho intramolecular Hbond substituents is 2. The molecule has 0 atom stereocenters. The van der Waals surface area contributed by atoms with E-state index in [1.165, 1.54) is 0 Å².